The van der Waals surface area contributed by atoms with Crippen LogP contribution in [0.25, 0.3) is 0 Å². The number of ether oxygens (including phenoxy) is 3. The monoisotopic (exact) mass is 1080 g/mol. The summed E-state index contributed by atoms with van der Waals surface area (Å²) in [6.45, 7) is 6.45. The fraction of sp³-hybridized carbons (Fsp3) is 0.708. The van der Waals surface area contributed by atoms with E-state index in [2.05, 4.69) is 130 Å². The van der Waals surface area contributed by atoms with Crippen molar-refractivity contribution in [1.29, 1.82) is 0 Å². The van der Waals surface area contributed by atoms with Crippen molar-refractivity contribution in [3.63, 3.8) is 0 Å². The maximum atomic E-state index is 12.9. The molecular formula is C72H122O6. The number of esters is 3. The number of carbonyl (C=O) groups excluding carboxylic acids is 3. The molecule has 0 fully saturated rings. The highest BCUT2D eigenvalue weighted by Crippen LogP contribution is 2.16. The Hall–Kier alpha value is -3.93. The Labute approximate surface area is 482 Å². The van der Waals surface area contributed by atoms with Crippen LogP contribution in [0.5, 0.6) is 0 Å². The maximum absolute atomic E-state index is 12.9. The van der Waals surface area contributed by atoms with Crippen LogP contribution in [0.3, 0.4) is 0 Å². The SMILES string of the molecule is CC/C=C\C/C=C\C/C=C\C/C=C\C/C=C\C/C=C\C/C=C\C/C=C\CCCCC(=O)OCC(COC(=O)CCCCCCCC)OC(=O)CCCCCCCCCCCCCCCCC/C=C\CCCCCCCCCC. The largest absolute Gasteiger partial charge is 0.462 e. The maximum Gasteiger partial charge on any atom is 0.306 e. The second-order valence-corrected chi connectivity index (χ2v) is 21.6. The summed E-state index contributed by atoms with van der Waals surface area (Å²) in [6.07, 6.45) is 90.0. The minimum atomic E-state index is -0.795. The summed E-state index contributed by atoms with van der Waals surface area (Å²) in [6, 6.07) is 0. The smallest absolute Gasteiger partial charge is 0.306 e. The Morgan fingerprint density at radius 1 is 0.269 bits per heavy atom. The van der Waals surface area contributed by atoms with Crippen molar-refractivity contribution in [1.82, 2.24) is 0 Å². The first-order valence-electron chi connectivity index (χ1n) is 32.9. The highest BCUT2D eigenvalue weighted by atomic mass is 16.6. The van der Waals surface area contributed by atoms with E-state index in [9.17, 15) is 14.4 Å². The van der Waals surface area contributed by atoms with Crippen LogP contribution in [-0.4, -0.2) is 37.2 Å². The van der Waals surface area contributed by atoms with Crippen LogP contribution in [0.15, 0.2) is 109 Å². The highest BCUT2D eigenvalue weighted by Gasteiger charge is 2.19. The van der Waals surface area contributed by atoms with Crippen LogP contribution >= 0.6 is 0 Å². The zero-order chi connectivity index (χ0) is 56.4. The van der Waals surface area contributed by atoms with Gasteiger partial charge in [-0.2, -0.15) is 0 Å². The van der Waals surface area contributed by atoms with Gasteiger partial charge in [-0.15, -0.1) is 0 Å². The summed E-state index contributed by atoms with van der Waals surface area (Å²) >= 11 is 0. The second-order valence-electron chi connectivity index (χ2n) is 21.6. The van der Waals surface area contributed by atoms with E-state index >= 15 is 0 Å². The second kappa shape index (κ2) is 65.6. The Bertz CT molecular complexity index is 1570. The summed E-state index contributed by atoms with van der Waals surface area (Å²) in [4.78, 5) is 38.0. The van der Waals surface area contributed by atoms with E-state index in [1.807, 2.05) is 0 Å². The van der Waals surface area contributed by atoms with Gasteiger partial charge in [0.25, 0.3) is 0 Å². The summed E-state index contributed by atoms with van der Waals surface area (Å²) in [5.74, 6) is -0.940. The first kappa shape index (κ1) is 74.1. The van der Waals surface area contributed by atoms with Crippen molar-refractivity contribution >= 4 is 17.9 Å². The molecule has 1 unspecified atom stereocenters. The molecule has 0 rings (SSSR count). The van der Waals surface area contributed by atoms with Crippen molar-refractivity contribution in [3.05, 3.63) is 109 Å². The first-order chi connectivity index (χ1) is 38.5. The molecule has 0 saturated carbocycles. The third kappa shape index (κ3) is 62.9. The normalized spacial score (nSPS) is 12.8. The van der Waals surface area contributed by atoms with Gasteiger partial charge in [-0.25, -0.2) is 0 Å². The van der Waals surface area contributed by atoms with E-state index in [1.54, 1.807) is 0 Å². The lowest BCUT2D eigenvalue weighted by atomic mass is 10.0. The molecule has 446 valence electrons. The topological polar surface area (TPSA) is 78.9 Å². The standard InChI is InChI=1S/C72H122O6/c1-4-7-10-13-16-18-20-22-24-26-28-30-32-34-36-38-40-42-44-46-48-50-52-54-56-59-62-65-71(74)77-68-69(67-76-70(73)64-61-58-15-12-9-6-3)78-72(75)66-63-60-57-55-53-51-49-47-45-43-41-39-37-35-33-31-29-27-25-23-21-19-17-14-11-8-5-2/h7,10,16,18,22,24,27-30,34,36,40,42,46,48,52,54,69H,4-6,8-9,11-15,17,19-21,23,25-26,31-33,35,37-39,41,43-45,47,49-51,53,55-68H2,1-3H3/b10-7-,18-16-,24-22-,29-27-,30-28-,36-34-,42-40-,48-46-,54-52-. The van der Waals surface area contributed by atoms with Gasteiger partial charge in [-0.05, 0) is 109 Å². The van der Waals surface area contributed by atoms with Crippen LogP contribution in [0.1, 0.15) is 310 Å². The van der Waals surface area contributed by atoms with Crippen molar-refractivity contribution in [2.24, 2.45) is 0 Å². The molecule has 78 heavy (non-hydrogen) atoms. The van der Waals surface area contributed by atoms with Gasteiger partial charge in [-0.3, -0.25) is 14.4 Å². The van der Waals surface area contributed by atoms with E-state index < -0.39 is 6.10 Å². The van der Waals surface area contributed by atoms with Gasteiger partial charge < -0.3 is 14.2 Å². The zero-order valence-corrected chi connectivity index (χ0v) is 51.2. The molecule has 0 aromatic rings. The zero-order valence-electron chi connectivity index (χ0n) is 51.2. The van der Waals surface area contributed by atoms with Gasteiger partial charge in [0, 0.05) is 19.3 Å². The minimum absolute atomic E-state index is 0.0914. The molecule has 0 aliphatic rings. The molecule has 0 aromatic heterocycles. The average molecular weight is 1080 g/mol. The number of carbonyl (C=O) groups is 3. The van der Waals surface area contributed by atoms with Crippen LogP contribution in [0.2, 0.25) is 0 Å². The molecular weight excluding hydrogens is 961 g/mol. The molecule has 0 radical (unpaired) electrons. The van der Waals surface area contributed by atoms with E-state index in [4.69, 9.17) is 14.2 Å². The third-order valence-corrected chi connectivity index (χ3v) is 14.0. The van der Waals surface area contributed by atoms with Crippen molar-refractivity contribution < 1.29 is 28.6 Å². The lowest BCUT2D eigenvalue weighted by Gasteiger charge is -2.18. The summed E-state index contributed by atoms with van der Waals surface area (Å²) in [5.41, 5.74) is 0. The molecule has 6 heteroatoms. The van der Waals surface area contributed by atoms with Gasteiger partial charge in [-0.1, -0.05) is 291 Å². The lowest BCUT2D eigenvalue weighted by molar-refractivity contribution is -0.167. The molecule has 6 nitrogen and oxygen atoms in total. The average Bonchev–Trinajstić information content (AvgIpc) is 3.44. The number of hydrogen-bond donors (Lipinski definition) is 0. The minimum Gasteiger partial charge on any atom is -0.462 e. The summed E-state index contributed by atoms with van der Waals surface area (Å²) < 4.78 is 16.8. The van der Waals surface area contributed by atoms with Crippen LogP contribution in [0.4, 0.5) is 0 Å². The van der Waals surface area contributed by atoms with Gasteiger partial charge in [0.15, 0.2) is 6.10 Å². The highest BCUT2D eigenvalue weighted by molar-refractivity contribution is 5.71. The fourth-order valence-corrected chi connectivity index (χ4v) is 9.10. The number of allylic oxidation sites excluding steroid dienone is 18. The predicted octanol–water partition coefficient (Wildman–Crippen LogP) is 22.6. The van der Waals surface area contributed by atoms with Crippen LogP contribution < -0.4 is 0 Å². The summed E-state index contributed by atoms with van der Waals surface area (Å²) in [5, 5.41) is 0. The van der Waals surface area contributed by atoms with E-state index in [1.165, 1.54) is 161 Å². The molecule has 0 amide bonds. The third-order valence-electron chi connectivity index (χ3n) is 14.0. The molecule has 0 aliphatic heterocycles. The van der Waals surface area contributed by atoms with Crippen LogP contribution in [-0.2, 0) is 28.6 Å². The molecule has 0 spiro atoms. The van der Waals surface area contributed by atoms with Gasteiger partial charge in [0.05, 0.1) is 0 Å². The summed E-state index contributed by atoms with van der Waals surface area (Å²) in [7, 11) is 0. The molecule has 0 aliphatic carbocycles. The number of rotatable bonds is 59. The molecule has 0 aromatic carbocycles. The molecule has 0 heterocycles. The fourth-order valence-electron chi connectivity index (χ4n) is 9.10. The first-order valence-corrected chi connectivity index (χ1v) is 32.9. The van der Waals surface area contributed by atoms with Crippen LogP contribution in [0, 0.1) is 0 Å². The van der Waals surface area contributed by atoms with Gasteiger partial charge in [0.2, 0.25) is 0 Å². The lowest BCUT2D eigenvalue weighted by Crippen LogP contribution is -2.30. The van der Waals surface area contributed by atoms with E-state index in [-0.39, 0.29) is 31.1 Å². The molecule has 0 saturated heterocycles. The van der Waals surface area contributed by atoms with Gasteiger partial charge in [0.1, 0.15) is 13.2 Å². The Balaban J connectivity index is 4.16. The quantitative estimate of drug-likeness (QED) is 0.0261. The van der Waals surface area contributed by atoms with E-state index in [0.29, 0.717) is 19.3 Å². The predicted molar refractivity (Wildman–Crippen MR) is 339 cm³/mol. The Morgan fingerprint density at radius 3 is 0.821 bits per heavy atom. The molecule has 0 bridgehead atoms. The van der Waals surface area contributed by atoms with E-state index in [0.717, 1.165) is 109 Å². The Morgan fingerprint density at radius 2 is 0.500 bits per heavy atom. The van der Waals surface area contributed by atoms with Crippen molar-refractivity contribution in [3.8, 4) is 0 Å². The number of unbranched alkanes of at least 4 members (excludes halogenated alkanes) is 30. The van der Waals surface area contributed by atoms with Crippen molar-refractivity contribution in [2.45, 2.75) is 316 Å². The number of hydrogen-bond acceptors (Lipinski definition) is 6. The Kier molecular flexibility index (Phi) is 62.3. The van der Waals surface area contributed by atoms with Crippen molar-refractivity contribution in [2.75, 3.05) is 13.2 Å². The molecule has 1 atom stereocenters. The van der Waals surface area contributed by atoms with Gasteiger partial charge >= 0.3 is 17.9 Å². The molecule has 0 N–H and O–H groups in total.